The Labute approximate surface area is 125 Å². The van der Waals surface area contributed by atoms with Gasteiger partial charge >= 0.3 is 0 Å². The summed E-state index contributed by atoms with van der Waals surface area (Å²) in [4.78, 5) is 20.2. The summed E-state index contributed by atoms with van der Waals surface area (Å²) in [6.07, 6.45) is 0.381. The van der Waals surface area contributed by atoms with Crippen molar-refractivity contribution in [3.63, 3.8) is 0 Å². The van der Waals surface area contributed by atoms with E-state index in [0.717, 1.165) is 5.56 Å². The molecule has 0 amide bonds. The molecule has 22 heavy (non-hydrogen) atoms. The van der Waals surface area contributed by atoms with Gasteiger partial charge < -0.3 is 0 Å². The molecule has 2 aromatic rings. The number of benzene rings is 2. The lowest BCUT2D eigenvalue weighted by Gasteiger charge is -2.09. The van der Waals surface area contributed by atoms with E-state index in [1.165, 1.54) is 24.3 Å². The number of hydrogen-bond acceptors (Lipinski definition) is 5. The Morgan fingerprint density at radius 3 is 1.77 bits per heavy atom. The highest BCUT2D eigenvalue weighted by Crippen LogP contribution is 2.23. The molecule has 1 unspecified atom stereocenters. The minimum absolute atomic E-state index is 0.00686. The van der Waals surface area contributed by atoms with Gasteiger partial charge in [-0.15, -0.1) is 0 Å². The fraction of sp³-hybridized carbons (Fsp3) is 0.133. The van der Waals surface area contributed by atoms with Gasteiger partial charge in [0.15, 0.2) is 0 Å². The molecule has 0 heterocycles. The summed E-state index contributed by atoms with van der Waals surface area (Å²) in [5, 5.41) is 30.5. The molecule has 0 saturated heterocycles. The molecule has 0 saturated carbocycles. The first-order valence-electron chi connectivity index (χ1n) is 6.38. The van der Waals surface area contributed by atoms with Crippen molar-refractivity contribution in [2.45, 2.75) is 12.3 Å². The molecule has 0 aliphatic heterocycles. The van der Waals surface area contributed by atoms with Crippen molar-refractivity contribution in [3.8, 4) is 6.07 Å². The van der Waals surface area contributed by atoms with Gasteiger partial charge in [-0.25, -0.2) is 0 Å². The lowest BCUT2D eigenvalue weighted by molar-refractivity contribution is -0.385. The van der Waals surface area contributed by atoms with Crippen LogP contribution in [0.3, 0.4) is 0 Å². The smallest absolute Gasteiger partial charge is 0.258 e. The molecule has 0 bridgehead atoms. The van der Waals surface area contributed by atoms with E-state index in [0.29, 0.717) is 12.0 Å². The number of hydrogen-bond donors (Lipinski definition) is 0. The zero-order chi connectivity index (χ0) is 16.1. The first kappa shape index (κ1) is 15.1. The quantitative estimate of drug-likeness (QED) is 0.620. The first-order valence-corrected chi connectivity index (χ1v) is 6.38. The summed E-state index contributed by atoms with van der Waals surface area (Å²) < 4.78 is 0. The highest BCUT2D eigenvalue weighted by Gasteiger charge is 2.14. The van der Waals surface area contributed by atoms with Crippen LogP contribution in [0.1, 0.15) is 17.0 Å². The monoisotopic (exact) mass is 297 g/mol. The van der Waals surface area contributed by atoms with Gasteiger partial charge in [-0.2, -0.15) is 5.26 Å². The molecule has 0 aliphatic carbocycles. The normalized spacial score (nSPS) is 11.4. The van der Waals surface area contributed by atoms with Gasteiger partial charge in [0.1, 0.15) is 0 Å². The number of non-ortho nitro benzene ring substituents is 2. The standard InChI is InChI=1S/C15H11N3O4/c16-10-13(12-3-7-15(8-4-12)18(21)22)9-11-1-5-14(6-2-11)17(19)20/h1-8,13H,9H2. The minimum atomic E-state index is -0.499. The third-order valence-electron chi connectivity index (χ3n) is 3.25. The Hall–Kier alpha value is -3.27. The minimum Gasteiger partial charge on any atom is -0.258 e. The molecular formula is C15H11N3O4. The highest BCUT2D eigenvalue weighted by molar-refractivity contribution is 5.38. The van der Waals surface area contributed by atoms with Crippen molar-refractivity contribution in [1.29, 1.82) is 5.26 Å². The molecular weight excluding hydrogens is 286 g/mol. The van der Waals surface area contributed by atoms with E-state index in [1.807, 2.05) is 0 Å². The molecule has 2 rings (SSSR count). The lowest BCUT2D eigenvalue weighted by Crippen LogP contribution is -2.01. The molecule has 7 nitrogen and oxygen atoms in total. The van der Waals surface area contributed by atoms with Gasteiger partial charge in [-0.05, 0) is 17.5 Å². The van der Waals surface area contributed by atoms with Crippen LogP contribution >= 0.6 is 0 Å². The van der Waals surface area contributed by atoms with Crippen molar-refractivity contribution in [2.24, 2.45) is 0 Å². The molecule has 110 valence electrons. The van der Waals surface area contributed by atoms with E-state index in [2.05, 4.69) is 6.07 Å². The van der Waals surface area contributed by atoms with Crippen molar-refractivity contribution in [1.82, 2.24) is 0 Å². The Bertz CT molecular complexity index is 733. The Kier molecular flexibility index (Phi) is 4.44. The fourth-order valence-electron chi connectivity index (χ4n) is 2.06. The number of rotatable bonds is 5. The van der Waals surface area contributed by atoms with E-state index >= 15 is 0 Å². The molecule has 7 heteroatoms. The molecule has 0 aliphatic rings. The van der Waals surface area contributed by atoms with Crippen LogP contribution in [-0.4, -0.2) is 9.85 Å². The predicted octanol–water partition coefficient (Wildman–Crippen LogP) is 3.35. The topological polar surface area (TPSA) is 110 Å². The van der Waals surface area contributed by atoms with E-state index in [9.17, 15) is 25.5 Å². The van der Waals surface area contributed by atoms with Crippen molar-refractivity contribution in [2.75, 3.05) is 0 Å². The first-order chi connectivity index (χ1) is 10.5. The average Bonchev–Trinajstić information content (AvgIpc) is 2.53. The van der Waals surface area contributed by atoms with E-state index in [-0.39, 0.29) is 11.4 Å². The maximum absolute atomic E-state index is 10.6. The summed E-state index contributed by atoms with van der Waals surface area (Å²) in [6, 6.07) is 14.0. The van der Waals surface area contributed by atoms with Crippen LogP contribution in [0.4, 0.5) is 11.4 Å². The summed E-state index contributed by atoms with van der Waals surface area (Å²) in [7, 11) is 0. The van der Waals surface area contributed by atoms with Crippen molar-refractivity contribution >= 4 is 11.4 Å². The molecule has 0 spiro atoms. The molecule has 0 N–H and O–H groups in total. The number of nitrogens with zero attached hydrogens (tertiary/aromatic N) is 3. The SMILES string of the molecule is N#CC(Cc1ccc([N+](=O)[O-])cc1)c1ccc([N+](=O)[O-])cc1. The number of nitriles is 1. The van der Waals surface area contributed by atoms with Gasteiger partial charge in [0, 0.05) is 24.3 Å². The van der Waals surface area contributed by atoms with Crippen molar-refractivity contribution in [3.05, 3.63) is 79.9 Å². The Balaban J connectivity index is 2.16. The van der Waals surface area contributed by atoms with Crippen molar-refractivity contribution < 1.29 is 9.85 Å². The fourth-order valence-corrected chi connectivity index (χ4v) is 2.06. The summed E-state index contributed by atoms with van der Waals surface area (Å²) >= 11 is 0. The zero-order valence-corrected chi connectivity index (χ0v) is 11.4. The summed E-state index contributed by atoms with van der Waals surface area (Å²) in [5.74, 6) is -0.470. The third-order valence-corrected chi connectivity index (χ3v) is 3.25. The van der Waals surface area contributed by atoms with Crippen LogP contribution in [-0.2, 0) is 6.42 Å². The van der Waals surface area contributed by atoms with Crippen LogP contribution in [0.5, 0.6) is 0 Å². The Morgan fingerprint density at radius 1 is 0.909 bits per heavy atom. The summed E-state index contributed by atoms with van der Waals surface area (Å²) in [5.41, 5.74) is 1.42. The van der Waals surface area contributed by atoms with Gasteiger partial charge in [-0.3, -0.25) is 20.2 Å². The Morgan fingerprint density at radius 2 is 1.36 bits per heavy atom. The van der Waals surface area contributed by atoms with Gasteiger partial charge in [-0.1, -0.05) is 24.3 Å². The van der Waals surface area contributed by atoms with E-state index < -0.39 is 15.8 Å². The second-order valence-electron chi connectivity index (χ2n) is 4.66. The van der Waals surface area contributed by atoms with Gasteiger partial charge in [0.05, 0.1) is 21.8 Å². The maximum atomic E-state index is 10.6. The second-order valence-corrected chi connectivity index (χ2v) is 4.66. The van der Waals surface area contributed by atoms with Gasteiger partial charge in [0.25, 0.3) is 11.4 Å². The number of nitro groups is 2. The number of nitro benzene ring substituents is 2. The molecule has 0 fully saturated rings. The maximum Gasteiger partial charge on any atom is 0.269 e. The van der Waals surface area contributed by atoms with E-state index in [4.69, 9.17) is 0 Å². The largest absolute Gasteiger partial charge is 0.269 e. The van der Waals surface area contributed by atoms with E-state index in [1.54, 1.807) is 24.3 Å². The molecule has 2 aromatic carbocycles. The van der Waals surface area contributed by atoms with Crippen LogP contribution in [0, 0.1) is 31.6 Å². The highest BCUT2D eigenvalue weighted by atomic mass is 16.6. The van der Waals surface area contributed by atoms with Crippen LogP contribution < -0.4 is 0 Å². The van der Waals surface area contributed by atoms with Crippen LogP contribution in [0.25, 0.3) is 0 Å². The molecule has 1 atom stereocenters. The molecule has 0 radical (unpaired) electrons. The van der Waals surface area contributed by atoms with Crippen LogP contribution in [0.2, 0.25) is 0 Å². The summed E-state index contributed by atoms with van der Waals surface area (Å²) in [6.45, 7) is 0. The second kappa shape index (κ2) is 6.45. The average molecular weight is 297 g/mol. The molecule has 0 aromatic heterocycles. The third kappa shape index (κ3) is 3.43. The zero-order valence-electron chi connectivity index (χ0n) is 11.4. The predicted molar refractivity (Wildman–Crippen MR) is 78.3 cm³/mol. The van der Waals surface area contributed by atoms with Gasteiger partial charge in [0.2, 0.25) is 0 Å². The lowest BCUT2D eigenvalue weighted by atomic mass is 9.93. The van der Waals surface area contributed by atoms with Crippen LogP contribution in [0.15, 0.2) is 48.5 Å².